The molecular formula is C13H14OW. The smallest absolute Gasteiger partial charge is 0.343 e. The number of hydrogen-bond donors (Lipinski definition) is 0. The van der Waals surface area contributed by atoms with Crippen LogP contribution < -0.4 is 0 Å². The first-order valence-electron chi connectivity index (χ1n) is 4.95. The van der Waals surface area contributed by atoms with Crippen molar-refractivity contribution in [3.8, 4) is 0 Å². The summed E-state index contributed by atoms with van der Waals surface area (Å²) in [5, 5.41) is 0. The largest absolute Gasteiger partial charge is 2.00 e. The molecule has 0 N–H and O–H groups in total. The van der Waals surface area contributed by atoms with E-state index in [1.165, 1.54) is 0 Å². The number of benzene rings is 1. The predicted octanol–water partition coefficient (Wildman–Crippen LogP) is 2.96. The molecular weight excluding hydrogens is 356 g/mol. The van der Waals surface area contributed by atoms with Crippen LogP contribution in [-0.2, 0) is 26.5 Å². The van der Waals surface area contributed by atoms with E-state index in [0.29, 0.717) is 6.42 Å². The van der Waals surface area contributed by atoms with E-state index < -0.39 is 0 Å². The van der Waals surface area contributed by atoms with Crippen molar-refractivity contribution >= 4 is 5.78 Å². The third-order valence-electron chi connectivity index (χ3n) is 3.25. The van der Waals surface area contributed by atoms with Gasteiger partial charge in [0.1, 0.15) is 0 Å². The zero-order valence-electron chi connectivity index (χ0n) is 8.66. The second-order valence-electron chi connectivity index (χ2n) is 3.93. The molecule has 0 unspecified atom stereocenters. The van der Waals surface area contributed by atoms with Crippen LogP contribution in [0.5, 0.6) is 0 Å². The standard InChI is InChI=1S/C13H14O.W/c1-3-13(4-2)9-12(14)10-7-5-6-8-11(10)13;/h5-8H,1-4,9H2;/q-2;+2. The van der Waals surface area contributed by atoms with E-state index in [1.807, 2.05) is 24.3 Å². The molecule has 0 bridgehead atoms. The minimum atomic E-state index is -0.0896. The third-order valence-corrected chi connectivity index (χ3v) is 3.25. The van der Waals surface area contributed by atoms with E-state index in [0.717, 1.165) is 24.0 Å². The van der Waals surface area contributed by atoms with Gasteiger partial charge in [0.05, 0.1) is 0 Å². The number of carbonyl (C=O) groups is 1. The molecule has 0 saturated heterocycles. The fraction of sp³-hybridized carbons (Fsp3) is 0.308. The Hall–Kier alpha value is -0.422. The van der Waals surface area contributed by atoms with Crippen LogP contribution in [0.3, 0.4) is 0 Å². The van der Waals surface area contributed by atoms with Crippen LogP contribution >= 0.6 is 0 Å². The Morgan fingerprint density at radius 3 is 2.40 bits per heavy atom. The molecule has 0 amide bonds. The Morgan fingerprint density at radius 2 is 1.80 bits per heavy atom. The van der Waals surface area contributed by atoms with Crippen LogP contribution in [0.15, 0.2) is 24.3 Å². The molecule has 78 valence electrons. The fourth-order valence-electron chi connectivity index (χ4n) is 2.26. The number of fused-ring (bicyclic) bond motifs is 1. The zero-order chi connectivity index (χ0) is 10.2. The normalized spacial score (nSPS) is 17.1. The van der Waals surface area contributed by atoms with Crippen LogP contribution in [-0.4, -0.2) is 5.78 Å². The van der Waals surface area contributed by atoms with Gasteiger partial charge in [-0.2, -0.15) is 12.8 Å². The average molecular weight is 370 g/mol. The minimum absolute atomic E-state index is 0. The molecule has 0 atom stereocenters. The van der Waals surface area contributed by atoms with Crippen LogP contribution in [0.4, 0.5) is 0 Å². The summed E-state index contributed by atoms with van der Waals surface area (Å²) in [7, 11) is 0. The molecule has 1 aliphatic rings. The van der Waals surface area contributed by atoms with Crippen molar-refractivity contribution < 1.29 is 25.9 Å². The Labute approximate surface area is 106 Å². The SMILES string of the molecule is [CH2-]CC1(C[CH2-])CC(=O)c2ccccc21.[W+2]. The van der Waals surface area contributed by atoms with Crippen molar-refractivity contribution in [2.75, 3.05) is 0 Å². The second kappa shape index (κ2) is 4.61. The first kappa shape index (κ1) is 12.6. The predicted molar refractivity (Wildman–Crippen MR) is 57.0 cm³/mol. The molecule has 1 aromatic rings. The summed E-state index contributed by atoms with van der Waals surface area (Å²) in [4.78, 5) is 11.7. The van der Waals surface area contributed by atoms with Gasteiger partial charge in [0.15, 0.2) is 5.78 Å². The molecule has 1 aromatic carbocycles. The van der Waals surface area contributed by atoms with Gasteiger partial charge < -0.3 is 13.8 Å². The van der Waals surface area contributed by atoms with Gasteiger partial charge in [-0.3, -0.25) is 4.79 Å². The summed E-state index contributed by atoms with van der Waals surface area (Å²) in [6, 6.07) is 7.85. The number of ketones is 1. The maximum absolute atomic E-state index is 11.7. The number of rotatable bonds is 2. The maximum atomic E-state index is 11.7. The second-order valence-corrected chi connectivity index (χ2v) is 3.93. The number of carbonyl (C=O) groups excluding carboxylic acids is 1. The quantitative estimate of drug-likeness (QED) is 0.732. The van der Waals surface area contributed by atoms with Gasteiger partial charge in [-0.05, 0) is 5.56 Å². The number of hydrogen-bond acceptors (Lipinski definition) is 1. The summed E-state index contributed by atoms with van der Waals surface area (Å²) < 4.78 is 0. The van der Waals surface area contributed by atoms with E-state index in [9.17, 15) is 4.79 Å². The summed E-state index contributed by atoms with van der Waals surface area (Å²) in [6.07, 6.45) is 2.08. The van der Waals surface area contributed by atoms with Gasteiger partial charge in [-0.15, -0.1) is 0 Å². The topological polar surface area (TPSA) is 17.1 Å². The van der Waals surface area contributed by atoms with E-state index in [4.69, 9.17) is 0 Å². The Balaban J connectivity index is 0.00000112. The molecule has 0 fully saturated rings. The third kappa shape index (κ3) is 1.83. The molecule has 0 radical (unpaired) electrons. The molecule has 1 nitrogen and oxygen atoms in total. The zero-order valence-corrected chi connectivity index (χ0v) is 11.6. The monoisotopic (exact) mass is 370 g/mol. The molecule has 0 saturated carbocycles. The van der Waals surface area contributed by atoms with Gasteiger partial charge in [-0.1, -0.05) is 29.7 Å². The van der Waals surface area contributed by atoms with Crippen molar-refractivity contribution in [1.82, 2.24) is 0 Å². The van der Waals surface area contributed by atoms with Crippen molar-refractivity contribution in [1.29, 1.82) is 0 Å². The first-order valence-corrected chi connectivity index (χ1v) is 4.95. The van der Waals surface area contributed by atoms with E-state index in [1.54, 1.807) is 0 Å². The van der Waals surface area contributed by atoms with Gasteiger partial charge in [0.2, 0.25) is 0 Å². The summed E-state index contributed by atoms with van der Waals surface area (Å²) in [5.41, 5.74) is 1.93. The van der Waals surface area contributed by atoms with Gasteiger partial charge >= 0.3 is 21.1 Å². The molecule has 15 heavy (non-hydrogen) atoms. The number of Topliss-reactive ketones (excluding diaryl/α,β-unsaturated/α-hetero) is 1. The van der Waals surface area contributed by atoms with Crippen LogP contribution in [0.25, 0.3) is 0 Å². The molecule has 0 aromatic heterocycles. The Morgan fingerprint density at radius 1 is 1.20 bits per heavy atom. The van der Waals surface area contributed by atoms with Crippen molar-refractivity contribution in [2.45, 2.75) is 24.7 Å². The molecule has 2 rings (SSSR count). The summed E-state index contributed by atoms with van der Waals surface area (Å²) in [5.74, 6) is 0.243. The Kier molecular flexibility index (Phi) is 3.89. The van der Waals surface area contributed by atoms with Crippen molar-refractivity contribution in [3.63, 3.8) is 0 Å². The molecule has 0 spiro atoms. The Bertz CT molecular complexity index is 367. The van der Waals surface area contributed by atoms with Crippen LogP contribution in [0.1, 0.15) is 35.2 Å². The maximum Gasteiger partial charge on any atom is 2.00 e. The van der Waals surface area contributed by atoms with Crippen molar-refractivity contribution in [3.05, 3.63) is 49.2 Å². The fourth-order valence-corrected chi connectivity index (χ4v) is 2.26. The van der Waals surface area contributed by atoms with E-state index >= 15 is 0 Å². The first-order chi connectivity index (χ1) is 6.73. The molecule has 0 aliphatic heterocycles. The minimum Gasteiger partial charge on any atom is -0.343 e. The van der Waals surface area contributed by atoms with Gasteiger partial charge in [-0.25, -0.2) is 0 Å². The van der Waals surface area contributed by atoms with Gasteiger partial charge in [0, 0.05) is 12.0 Å². The molecule has 1 aliphatic carbocycles. The van der Waals surface area contributed by atoms with Crippen LogP contribution in [0, 0.1) is 13.8 Å². The molecule has 0 heterocycles. The summed E-state index contributed by atoms with van der Waals surface area (Å²) >= 11 is 0. The van der Waals surface area contributed by atoms with Crippen molar-refractivity contribution in [2.24, 2.45) is 0 Å². The van der Waals surface area contributed by atoms with Gasteiger partial charge in [0.25, 0.3) is 0 Å². The molecule has 2 heteroatoms. The average Bonchev–Trinajstić information content (AvgIpc) is 2.53. The summed E-state index contributed by atoms with van der Waals surface area (Å²) in [6.45, 7) is 7.90. The van der Waals surface area contributed by atoms with Crippen LogP contribution in [0.2, 0.25) is 0 Å². The van der Waals surface area contributed by atoms with E-state index in [-0.39, 0.29) is 32.3 Å². The van der Waals surface area contributed by atoms with E-state index in [2.05, 4.69) is 13.8 Å².